The zero-order valence-electron chi connectivity index (χ0n) is 44.5. The van der Waals surface area contributed by atoms with Crippen molar-refractivity contribution in [3.05, 3.63) is 101 Å². The summed E-state index contributed by atoms with van der Waals surface area (Å²) in [5.41, 5.74) is 7.72. The van der Waals surface area contributed by atoms with Gasteiger partial charge in [0.05, 0.1) is 85.1 Å². The van der Waals surface area contributed by atoms with E-state index in [1.807, 2.05) is 73.0 Å². The molecule has 6 aromatic rings. The van der Waals surface area contributed by atoms with Crippen molar-refractivity contribution in [2.75, 3.05) is 90.8 Å². The first-order valence-electron chi connectivity index (χ1n) is 26.5. The number of H-pyrrole nitrogens is 1. The highest BCUT2D eigenvalue weighted by atomic mass is 32.1. The van der Waals surface area contributed by atoms with Crippen molar-refractivity contribution in [1.29, 1.82) is 0 Å². The van der Waals surface area contributed by atoms with Crippen molar-refractivity contribution >= 4 is 58.0 Å². The summed E-state index contributed by atoms with van der Waals surface area (Å²) < 4.78 is 34.3. The van der Waals surface area contributed by atoms with Gasteiger partial charge in [0.1, 0.15) is 24.5 Å². The Morgan fingerprint density at radius 3 is 2.31 bits per heavy atom. The summed E-state index contributed by atoms with van der Waals surface area (Å²) >= 11 is 1.59. The van der Waals surface area contributed by atoms with Crippen molar-refractivity contribution in [3.8, 4) is 21.7 Å². The van der Waals surface area contributed by atoms with E-state index in [2.05, 4.69) is 41.4 Å². The number of likely N-dealkylation sites (tertiary alicyclic amines) is 1. The molecular weight excluding hydrogens is 1020 g/mol. The number of aryl methyl sites for hydroxylation is 1. The number of thiazole rings is 1. The summed E-state index contributed by atoms with van der Waals surface area (Å²) in [6, 6.07) is 10.9. The number of hydrogen-bond donors (Lipinski definition) is 5. The molecule has 1 aliphatic carbocycles. The lowest BCUT2D eigenvalue weighted by Crippen LogP contribution is -2.58. The Kier molecular flexibility index (Phi) is 18.2. The predicted molar refractivity (Wildman–Crippen MR) is 290 cm³/mol. The minimum atomic E-state index is -0.870. The van der Waals surface area contributed by atoms with Crippen LogP contribution in [0.4, 0.5) is 15.9 Å². The van der Waals surface area contributed by atoms with E-state index < -0.39 is 29.2 Å². The standard InChI is InChI=1S/C55H68FN13O8S/c1-35-48(78-34-60-35)38-9-7-36(8-10-38)27-59-52(72)44-6-5-16-68(44)54(74)49(55(2,3)4)65-47(71)33-77-25-24-76-23-22-75-21-15-57-46(70)32-66-17-19-67(20-18-66)53(73)39-13-14-42(41(56)26-39)63-50-51-58-30-45(40-28-61-62-29-40)69(51)31-43(64-50)37-11-12-37/h7-10,13-14,26,28-31,34,37,44,49H,5-6,11-12,15-25,27,32-33H2,1-4H3,(H,57,70)(H,59,72)(H,61,62)(H,63,64)(H,65,71)/t44-,49+/m0/s1. The second-order valence-electron chi connectivity index (χ2n) is 20.9. The average molecular weight is 1090 g/mol. The smallest absolute Gasteiger partial charge is 0.254 e. The molecule has 2 saturated heterocycles. The summed E-state index contributed by atoms with van der Waals surface area (Å²) in [5, 5.41) is 18.7. The predicted octanol–water partition coefficient (Wildman–Crippen LogP) is 5.07. The SMILES string of the molecule is Cc1ncsc1-c1ccc(CNC(=O)[C@@H]2CCCN2C(=O)[C@@H](NC(=O)COCCOCCOCCNC(=O)CN2CCN(C(=O)c3ccc(Nc4nc(C5CC5)cn5c(-c6cn[nH]c6)cnc45)c(F)c3)CC2)C(C)(C)C)cc1. The molecule has 9 rings (SSSR count). The number of imidazole rings is 1. The van der Waals surface area contributed by atoms with E-state index in [1.165, 1.54) is 6.07 Å². The van der Waals surface area contributed by atoms with Crippen LogP contribution in [0.2, 0.25) is 0 Å². The molecule has 4 aromatic heterocycles. The first-order chi connectivity index (χ1) is 37.7. The third-order valence-corrected chi connectivity index (χ3v) is 15.0. The lowest BCUT2D eigenvalue weighted by atomic mass is 9.85. The number of aromatic nitrogens is 6. The van der Waals surface area contributed by atoms with Gasteiger partial charge in [-0.2, -0.15) is 5.10 Å². The van der Waals surface area contributed by atoms with Gasteiger partial charge in [-0.3, -0.25) is 38.4 Å². The number of piperazine rings is 1. The summed E-state index contributed by atoms with van der Waals surface area (Å²) in [5.74, 6) is -1.27. The van der Waals surface area contributed by atoms with E-state index in [1.54, 1.807) is 51.9 Å². The van der Waals surface area contributed by atoms with Gasteiger partial charge < -0.3 is 45.3 Å². The number of rotatable bonds is 24. The van der Waals surface area contributed by atoms with Gasteiger partial charge in [0.2, 0.25) is 23.6 Å². The van der Waals surface area contributed by atoms with Gasteiger partial charge in [0.15, 0.2) is 11.5 Å². The number of nitrogens with one attached hydrogen (secondary N) is 5. The maximum atomic E-state index is 15.6. The molecule has 21 nitrogen and oxygen atoms in total. The highest BCUT2D eigenvalue weighted by molar-refractivity contribution is 7.13. The van der Waals surface area contributed by atoms with Crippen LogP contribution in [0.3, 0.4) is 0 Å². The summed E-state index contributed by atoms with van der Waals surface area (Å²) in [6.07, 6.45) is 10.5. The van der Waals surface area contributed by atoms with Crippen LogP contribution in [0.1, 0.15) is 79.7 Å². The van der Waals surface area contributed by atoms with Gasteiger partial charge in [-0.25, -0.2) is 19.3 Å². The monoisotopic (exact) mass is 1090 g/mol. The molecule has 414 valence electrons. The van der Waals surface area contributed by atoms with E-state index in [0.717, 1.165) is 51.5 Å². The fourth-order valence-electron chi connectivity index (χ4n) is 9.55. The highest BCUT2D eigenvalue weighted by Gasteiger charge is 2.42. The first kappa shape index (κ1) is 55.6. The first-order valence-corrected chi connectivity index (χ1v) is 27.4. The maximum absolute atomic E-state index is 15.6. The molecule has 5 N–H and O–H groups in total. The topological polar surface area (TPSA) is 243 Å². The third-order valence-electron chi connectivity index (χ3n) is 14.0. The van der Waals surface area contributed by atoms with Crippen LogP contribution in [0.25, 0.3) is 27.3 Å². The normalized spacial score (nSPS) is 16.3. The van der Waals surface area contributed by atoms with E-state index in [4.69, 9.17) is 19.2 Å². The van der Waals surface area contributed by atoms with Crippen molar-refractivity contribution < 1.29 is 42.6 Å². The summed E-state index contributed by atoms with van der Waals surface area (Å²) in [6.45, 7) is 11.5. The largest absolute Gasteiger partial charge is 0.377 e. The van der Waals surface area contributed by atoms with Crippen molar-refractivity contribution in [1.82, 2.24) is 60.2 Å². The van der Waals surface area contributed by atoms with Crippen LogP contribution in [0.15, 0.2) is 72.8 Å². The average Bonchev–Trinajstić information content (AvgIpc) is 3.90. The molecule has 3 fully saturated rings. The van der Waals surface area contributed by atoms with Gasteiger partial charge in [-0.1, -0.05) is 45.0 Å². The molecule has 78 heavy (non-hydrogen) atoms. The molecule has 0 bridgehead atoms. The van der Waals surface area contributed by atoms with Crippen LogP contribution < -0.4 is 21.3 Å². The number of aromatic amines is 1. The molecule has 3 aliphatic rings. The fraction of sp³-hybridized carbons (Fsp3) is 0.473. The number of anilines is 2. The van der Waals surface area contributed by atoms with Gasteiger partial charge >= 0.3 is 0 Å². The lowest BCUT2D eigenvalue weighted by molar-refractivity contribution is -0.144. The number of fused-ring (bicyclic) bond motifs is 1. The van der Waals surface area contributed by atoms with Gasteiger partial charge in [-0.15, -0.1) is 11.3 Å². The van der Waals surface area contributed by atoms with Crippen LogP contribution in [0, 0.1) is 18.2 Å². The number of amides is 5. The Bertz CT molecular complexity index is 3040. The van der Waals surface area contributed by atoms with E-state index in [-0.39, 0.29) is 81.1 Å². The van der Waals surface area contributed by atoms with Gasteiger partial charge in [0, 0.05) is 75.3 Å². The second-order valence-corrected chi connectivity index (χ2v) is 21.7. The Balaban J connectivity index is 0.611. The number of hydrogen-bond acceptors (Lipinski definition) is 15. The third kappa shape index (κ3) is 14.1. The number of ether oxygens (including phenoxy) is 3. The van der Waals surface area contributed by atoms with E-state index in [0.29, 0.717) is 76.0 Å². The molecule has 0 radical (unpaired) electrons. The number of carbonyl (C=O) groups is 5. The van der Waals surface area contributed by atoms with Crippen LogP contribution in [-0.4, -0.2) is 171 Å². The Morgan fingerprint density at radius 2 is 1.62 bits per heavy atom. The minimum absolute atomic E-state index is 0.144. The summed E-state index contributed by atoms with van der Waals surface area (Å²) in [7, 11) is 0. The second kappa shape index (κ2) is 25.5. The minimum Gasteiger partial charge on any atom is -0.377 e. The zero-order chi connectivity index (χ0) is 54.8. The lowest BCUT2D eigenvalue weighted by Gasteiger charge is -2.35. The number of halogens is 1. The van der Waals surface area contributed by atoms with Gasteiger partial charge in [-0.05, 0) is 67.3 Å². The van der Waals surface area contributed by atoms with Crippen LogP contribution in [0.5, 0.6) is 0 Å². The number of nitrogens with zero attached hydrogens (tertiary/aromatic N) is 8. The van der Waals surface area contributed by atoms with Crippen molar-refractivity contribution in [2.45, 2.75) is 77.9 Å². The molecule has 0 spiro atoms. The quantitative estimate of drug-likeness (QED) is 0.0498. The van der Waals surface area contributed by atoms with E-state index >= 15 is 4.39 Å². The molecule has 1 saturated carbocycles. The molecule has 23 heteroatoms. The Morgan fingerprint density at radius 1 is 0.859 bits per heavy atom. The molecule has 2 atom stereocenters. The number of carbonyl (C=O) groups excluding carboxylic acids is 5. The van der Waals surface area contributed by atoms with Gasteiger partial charge in [0.25, 0.3) is 5.91 Å². The van der Waals surface area contributed by atoms with Crippen LogP contribution >= 0.6 is 11.3 Å². The molecule has 5 amide bonds. The van der Waals surface area contributed by atoms with Crippen molar-refractivity contribution in [2.24, 2.45) is 5.41 Å². The molecule has 6 heterocycles. The fourth-order valence-corrected chi connectivity index (χ4v) is 10.4. The maximum Gasteiger partial charge on any atom is 0.254 e. The van der Waals surface area contributed by atoms with Crippen molar-refractivity contribution in [3.63, 3.8) is 0 Å². The zero-order valence-corrected chi connectivity index (χ0v) is 45.3. The Hall–Kier alpha value is -7.18. The van der Waals surface area contributed by atoms with E-state index in [9.17, 15) is 24.0 Å². The Labute approximate surface area is 456 Å². The molecule has 2 aromatic carbocycles. The highest BCUT2D eigenvalue weighted by Crippen LogP contribution is 2.41. The molecule has 2 aliphatic heterocycles. The molecule has 0 unspecified atom stereocenters. The molecular formula is C55H68FN13O8S. The van der Waals surface area contributed by atoms with Crippen LogP contribution in [-0.2, 0) is 39.9 Å². The number of benzene rings is 2. The summed E-state index contributed by atoms with van der Waals surface area (Å²) in [4.78, 5) is 86.5.